The second-order valence-electron chi connectivity index (χ2n) is 4.68. The molecular formula is C15H16FN3O2. The van der Waals surface area contributed by atoms with Gasteiger partial charge in [0.25, 0.3) is 5.69 Å². The third-order valence-electron chi connectivity index (χ3n) is 3.24. The minimum absolute atomic E-state index is 0.0523. The Balaban J connectivity index is 2.26. The average molecular weight is 289 g/mol. The maximum Gasteiger partial charge on any atom is 0.269 e. The Morgan fingerprint density at radius 2 is 1.90 bits per heavy atom. The van der Waals surface area contributed by atoms with Crippen LogP contribution in [0.1, 0.15) is 5.56 Å². The summed E-state index contributed by atoms with van der Waals surface area (Å²) in [5, 5.41) is 13.9. The van der Waals surface area contributed by atoms with Gasteiger partial charge in [-0.25, -0.2) is 4.39 Å². The van der Waals surface area contributed by atoms with Crippen molar-refractivity contribution in [2.45, 2.75) is 6.54 Å². The number of hydrogen-bond donors (Lipinski definition) is 1. The quantitative estimate of drug-likeness (QED) is 0.677. The van der Waals surface area contributed by atoms with E-state index in [-0.39, 0.29) is 11.5 Å². The highest BCUT2D eigenvalue weighted by Crippen LogP contribution is 2.25. The second kappa shape index (κ2) is 6.21. The van der Waals surface area contributed by atoms with Crippen LogP contribution in [-0.2, 0) is 6.54 Å². The molecule has 0 aliphatic heterocycles. The van der Waals surface area contributed by atoms with Gasteiger partial charge in [0.15, 0.2) is 0 Å². The summed E-state index contributed by atoms with van der Waals surface area (Å²) in [5.74, 6) is -0.293. The lowest BCUT2D eigenvalue weighted by molar-refractivity contribution is -0.384. The normalized spacial score (nSPS) is 10.2. The zero-order valence-corrected chi connectivity index (χ0v) is 11.8. The molecule has 0 aliphatic rings. The first-order valence-corrected chi connectivity index (χ1v) is 6.43. The van der Waals surface area contributed by atoms with E-state index in [1.807, 2.05) is 11.9 Å². The van der Waals surface area contributed by atoms with Crippen molar-refractivity contribution in [1.29, 1.82) is 0 Å². The molecule has 21 heavy (non-hydrogen) atoms. The van der Waals surface area contributed by atoms with Gasteiger partial charge in [-0.05, 0) is 30.3 Å². The van der Waals surface area contributed by atoms with Gasteiger partial charge in [-0.15, -0.1) is 0 Å². The van der Waals surface area contributed by atoms with Gasteiger partial charge in [-0.1, -0.05) is 0 Å². The number of nitrogens with zero attached hydrogens (tertiary/aromatic N) is 2. The Hall–Kier alpha value is -2.63. The van der Waals surface area contributed by atoms with Gasteiger partial charge in [0.2, 0.25) is 0 Å². The Labute approximate surface area is 122 Å². The molecule has 0 unspecified atom stereocenters. The number of benzene rings is 2. The Kier molecular flexibility index (Phi) is 4.37. The first-order valence-electron chi connectivity index (χ1n) is 6.43. The van der Waals surface area contributed by atoms with Crippen LogP contribution in [0.15, 0.2) is 42.5 Å². The number of halogens is 1. The van der Waals surface area contributed by atoms with E-state index in [4.69, 9.17) is 0 Å². The van der Waals surface area contributed by atoms with Crippen LogP contribution in [0.4, 0.5) is 21.5 Å². The molecule has 0 spiro atoms. The second-order valence-corrected chi connectivity index (χ2v) is 4.68. The highest BCUT2D eigenvalue weighted by molar-refractivity contribution is 5.58. The van der Waals surface area contributed by atoms with Crippen molar-refractivity contribution in [1.82, 2.24) is 0 Å². The topological polar surface area (TPSA) is 58.4 Å². The molecule has 0 aromatic heterocycles. The number of hydrogen-bond acceptors (Lipinski definition) is 4. The molecule has 0 amide bonds. The lowest BCUT2D eigenvalue weighted by Crippen LogP contribution is -2.17. The van der Waals surface area contributed by atoms with E-state index in [1.165, 1.54) is 18.2 Å². The van der Waals surface area contributed by atoms with Crippen LogP contribution in [-0.4, -0.2) is 19.0 Å². The summed E-state index contributed by atoms with van der Waals surface area (Å²) in [7, 11) is 3.62. The molecule has 0 bridgehead atoms. The van der Waals surface area contributed by atoms with Gasteiger partial charge in [0.05, 0.1) is 4.92 Å². The Morgan fingerprint density at radius 1 is 1.24 bits per heavy atom. The fraction of sp³-hybridized carbons (Fsp3) is 0.200. The van der Waals surface area contributed by atoms with Crippen molar-refractivity contribution in [2.24, 2.45) is 0 Å². The summed E-state index contributed by atoms with van der Waals surface area (Å²) in [6.07, 6.45) is 0. The summed E-state index contributed by atoms with van der Waals surface area (Å²) < 4.78 is 12.9. The van der Waals surface area contributed by atoms with Crippen molar-refractivity contribution in [3.8, 4) is 0 Å². The van der Waals surface area contributed by atoms with Gasteiger partial charge in [0, 0.05) is 49.7 Å². The zero-order valence-electron chi connectivity index (χ0n) is 11.8. The molecule has 0 heterocycles. The molecule has 0 fully saturated rings. The number of rotatable bonds is 5. The molecule has 0 saturated carbocycles. The van der Waals surface area contributed by atoms with Crippen molar-refractivity contribution in [3.63, 3.8) is 0 Å². The van der Waals surface area contributed by atoms with E-state index in [1.54, 1.807) is 31.3 Å². The maximum absolute atomic E-state index is 12.9. The largest absolute Gasteiger partial charge is 0.388 e. The lowest BCUT2D eigenvalue weighted by atomic mass is 10.1. The molecule has 5 nitrogen and oxygen atoms in total. The molecule has 2 rings (SSSR count). The van der Waals surface area contributed by atoms with Crippen molar-refractivity contribution in [3.05, 3.63) is 64.0 Å². The van der Waals surface area contributed by atoms with Crippen LogP contribution in [0.25, 0.3) is 0 Å². The number of nitrogens with one attached hydrogen (secondary N) is 1. The molecule has 6 heteroatoms. The van der Waals surface area contributed by atoms with E-state index >= 15 is 0 Å². The molecule has 0 aliphatic carbocycles. The van der Waals surface area contributed by atoms with E-state index in [0.717, 1.165) is 16.9 Å². The molecular weight excluding hydrogens is 273 g/mol. The number of non-ortho nitro benzene ring substituents is 1. The first kappa shape index (κ1) is 14.8. The van der Waals surface area contributed by atoms with E-state index in [9.17, 15) is 14.5 Å². The average Bonchev–Trinajstić information content (AvgIpc) is 2.47. The monoisotopic (exact) mass is 289 g/mol. The summed E-state index contributed by atoms with van der Waals surface area (Å²) in [6.45, 7) is 0.476. The van der Waals surface area contributed by atoms with Crippen LogP contribution in [0.5, 0.6) is 0 Å². The minimum Gasteiger partial charge on any atom is -0.388 e. The van der Waals surface area contributed by atoms with Crippen LogP contribution in [0, 0.1) is 15.9 Å². The van der Waals surface area contributed by atoms with Gasteiger partial charge in [-0.2, -0.15) is 0 Å². The highest BCUT2D eigenvalue weighted by atomic mass is 19.1. The summed E-state index contributed by atoms with van der Waals surface area (Å²) >= 11 is 0. The minimum atomic E-state index is -0.416. The fourth-order valence-electron chi connectivity index (χ4n) is 2.11. The lowest BCUT2D eigenvalue weighted by Gasteiger charge is -2.21. The summed E-state index contributed by atoms with van der Waals surface area (Å²) in [4.78, 5) is 12.4. The smallest absolute Gasteiger partial charge is 0.269 e. The van der Waals surface area contributed by atoms with Crippen LogP contribution in [0.3, 0.4) is 0 Å². The van der Waals surface area contributed by atoms with Crippen molar-refractivity contribution in [2.75, 3.05) is 24.3 Å². The number of nitro groups is 1. The first-order chi connectivity index (χ1) is 10.0. The Bertz CT molecular complexity index is 644. The van der Waals surface area contributed by atoms with Gasteiger partial charge in [0.1, 0.15) is 5.82 Å². The molecule has 0 atom stereocenters. The molecule has 0 saturated heterocycles. The van der Waals surface area contributed by atoms with Gasteiger partial charge < -0.3 is 10.2 Å². The molecule has 2 aromatic carbocycles. The van der Waals surface area contributed by atoms with Crippen molar-refractivity contribution >= 4 is 17.1 Å². The zero-order chi connectivity index (χ0) is 15.4. The van der Waals surface area contributed by atoms with Crippen LogP contribution < -0.4 is 10.2 Å². The van der Waals surface area contributed by atoms with Crippen LogP contribution in [0.2, 0.25) is 0 Å². The fourth-order valence-corrected chi connectivity index (χ4v) is 2.11. The van der Waals surface area contributed by atoms with Crippen molar-refractivity contribution < 1.29 is 9.31 Å². The third kappa shape index (κ3) is 3.47. The summed E-state index contributed by atoms with van der Waals surface area (Å²) in [5.41, 5.74) is 2.52. The molecule has 1 N–H and O–H groups in total. The highest BCUT2D eigenvalue weighted by Gasteiger charge is 2.12. The molecule has 0 radical (unpaired) electrons. The van der Waals surface area contributed by atoms with E-state index in [0.29, 0.717) is 6.54 Å². The van der Waals surface area contributed by atoms with Gasteiger partial charge >= 0.3 is 0 Å². The van der Waals surface area contributed by atoms with Gasteiger partial charge in [-0.3, -0.25) is 10.1 Å². The third-order valence-corrected chi connectivity index (χ3v) is 3.24. The van der Waals surface area contributed by atoms with E-state index < -0.39 is 4.92 Å². The van der Waals surface area contributed by atoms with Crippen LogP contribution >= 0.6 is 0 Å². The summed E-state index contributed by atoms with van der Waals surface area (Å²) in [6, 6.07) is 10.8. The predicted molar refractivity (Wildman–Crippen MR) is 81.2 cm³/mol. The standard InChI is InChI=1S/C15H16FN3O2/c1-17-15-8-7-14(19(20)21)9-11(15)10-18(2)13-5-3-12(16)4-6-13/h3-9,17H,10H2,1-2H3. The molecule has 110 valence electrons. The van der Waals surface area contributed by atoms with E-state index in [2.05, 4.69) is 5.32 Å². The Morgan fingerprint density at radius 3 is 2.48 bits per heavy atom. The molecule has 2 aromatic rings. The maximum atomic E-state index is 12.9. The predicted octanol–water partition coefficient (Wildman–Crippen LogP) is 3.41. The number of anilines is 2. The number of nitro benzene ring substituents is 1. The SMILES string of the molecule is CNc1ccc([N+](=O)[O-])cc1CN(C)c1ccc(F)cc1.